The zero-order valence-corrected chi connectivity index (χ0v) is 12.0. The predicted octanol–water partition coefficient (Wildman–Crippen LogP) is 2.72. The molecule has 0 heterocycles. The van der Waals surface area contributed by atoms with Gasteiger partial charge in [-0.2, -0.15) is 0 Å². The molecule has 0 saturated heterocycles. The molecule has 106 valence electrons. The van der Waals surface area contributed by atoms with E-state index in [1.165, 1.54) is 20.3 Å². The van der Waals surface area contributed by atoms with E-state index in [-0.39, 0.29) is 17.2 Å². The van der Waals surface area contributed by atoms with Crippen molar-refractivity contribution in [2.75, 3.05) is 14.2 Å². The lowest BCUT2D eigenvalue weighted by molar-refractivity contribution is -0.146. The fourth-order valence-electron chi connectivity index (χ4n) is 1.71. The van der Waals surface area contributed by atoms with E-state index < -0.39 is 11.4 Å². The molecule has 1 rings (SSSR count). The van der Waals surface area contributed by atoms with Gasteiger partial charge in [0.05, 0.1) is 24.7 Å². The molecular formula is C13H17ClO5. The van der Waals surface area contributed by atoms with Crippen molar-refractivity contribution in [3.05, 3.63) is 16.7 Å². The van der Waals surface area contributed by atoms with Crippen LogP contribution in [0.25, 0.3) is 0 Å². The van der Waals surface area contributed by atoms with Crippen LogP contribution in [-0.2, 0) is 11.2 Å². The number of phenols is 1. The van der Waals surface area contributed by atoms with Crippen molar-refractivity contribution >= 4 is 17.6 Å². The van der Waals surface area contributed by atoms with Gasteiger partial charge in [-0.05, 0) is 20.3 Å². The molecule has 0 fully saturated rings. The summed E-state index contributed by atoms with van der Waals surface area (Å²) in [5.41, 5.74) is -0.750. The van der Waals surface area contributed by atoms with Crippen LogP contribution in [0.1, 0.15) is 19.4 Å². The molecule has 0 amide bonds. The molecule has 2 N–H and O–H groups in total. The number of rotatable bonds is 5. The highest BCUT2D eigenvalue weighted by Crippen LogP contribution is 2.44. The summed E-state index contributed by atoms with van der Waals surface area (Å²) < 4.78 is 10.3. The molecule has 0 aliphatic rings. The molecule has 0 saturated carbocycles. The van der Waals surface area contributed by atoms with Gasteiger partial charge in [0, 0.05) is 11.6 Å². The van der Waals surface area contributed by atoms with Gasteiger partial charge in [-0.3, -0.25) is 4.79 Å². The van der Waals surface area contributed by atoms with Crippen molar-refractivity contribution in [1.29, 1.82) is 0 Å². The van der Waals surface area contributed by atoms with E-state index >= 15 is 0 Å². The first-order valence-corrected chi connectivity index (χ1v) is 5.98. The largest absolute Gasteiger partial charge is 0.506 e. The highest BCUT2D eigenvalue weighted by molar-refractivity contribution is 6.32. The third kappa shape index (κ3) is 3.04. The first kappa shape index (κ1) is 15.4. The Balaban J connectivity index is 3.40. The second kappa shape index (κ2) is 5.57. The standard InChI is InChI=1S/C13H17ClO5/c1-13(2,12(16)17)6-7-10(15)8(14)5-9(18-3)11(7)19-4/h5,15H,6H2,1-4H3,(H,16,17). The molecule has 0 aliphatic carbocycles. The molecule has 6 heteroatoms. The number of carbonyl (C=O) groups is 1. The molecule has 0 atom stereocenters. The maximum Gasteiger partial charge on any atom is 0.309 e. The number of aliphatic carboxylic acids is 1. The van der Waals surface area contributed by atoms with Crippen LogP contribution in [0.4, 0.5) is 0 Å². The second-order valence-corrected chi connectivity index (χ2v) is 5.19. The molecule has 1 aromatic rings. The quantitative estimate of drug-likeness (QED) is 0.871. The fraction of sp³-hybridized carbons (Fsp3) is 0.462. The summed E-state index contributed by atoms with van der Waals surface area (Å²) in [6, 6.07) is 1.42. The van der Waals surface area contributed by atoms with Crippen molar-refractivity contribution in [2.45, 2.75) is 20.3 Å². The topological polar surface area (TPSA) is 76.0 Å². The third-order valence-electron chi connectivity index (χ3n) is 2.89. The number of benzene rings is 1. The van der Waals surface area contributed by atoms with Crippen LogP contribution in [0.15, 0.2) is 6.07 Å². The summed E-state index contributed by atoms with van der Waals surface area (Å²) in [7, 11) is 2.86. The van der Waals surface area contributed by atoms with E-state index in [1.54, 1.807) is 13.8 Å². The van der Waals surface area contributed by atoms with Gasteiger partial charge in [-0.1, -0.05) is 11.6 Å². The zero-order chi connectivity index (χ0) is 14.8. The summed E-state index contributed by atoms with van der Waals surface area (Å²) in [4.78, 5) is 11.2. The number of phenolic OH excluding ortho intramolecular Hbond substituents is 1. The van der Waals surface area contributed by atoms with Crippen LogP contribution >= 0.6 is 11.6 Å². The molecule has 5 nitrogen and oxygen atoms in total. The Hall–Kier alpha value is -1.62. The van der Waals surface area contributed by atoms with Crippen LogP contribution in [0.2, 0.25) is 5.02 Å². The summed E-state index contributed by atoms with van der Waals surface area (Å²) in [6.07, 6.45) is 0.0637. The molecule has 0 aromatic heterocycles. The van der Waals surface area contributed by atoms with Gasteiger partial charge in [-0.15, -0.1) is 0 Å². The Morgan fingerprint density at radius 2 is 1.95 bits per heavy atom. The lowest BCUT2D eigenvalue weighted by atomic mass is 9.85. The summed E-state index contributed by atoms with van der Waals surface area (Å²) in [5.74, 6) is -0.526. The third-order valence-corrected chi connectivity index (χ3v) is 3.18. The van der Waals surface area contributed by atoms with Gasteiger partial charge in [0.2, 0.25) is 0 Å². The maximum absolute atomic E-state index is 11.2. The number of ether oxygens (including phenoxy) is 2. The number of aromatic hydroxyl groups is 1. The zero-order valence-electron chi connectivity index (χ0n) is 11.3. The van der Waals surface area contributed by atoms with E-state index in [0.717, 1.165) is 0 Å². The van der Waals surface area contributed by atoms with E-state index in [4.69, 9.17) is 26.2 Å². The average molecular weight is 289 g/mol. The van der Waals surface area contributed by atoms with Gasteiger partial charge in [0.15, 0.2) is 11.5 Å². The van der Waals surface area contributed by atoms with Crippen LogP contribution in [-0.4, -0.2) is 30.4 Å². The van der Waals surface area contributed by atoms with Crippen LogP contribution in [0.3, 0.4) is 0 Å². The Kier molecular flexibility index (Phi) is 4.52. The van der Waals surface area contributed by atoms with Crippen LogP contribution in [0, 0.1) is 5.41 Å². The molecule has 0 spiro atoms. The Bertz CT molecular complexity index is 496. The van der Waals surface area contributed by atoms with Crippen LogP contribution < -0.4 is 9.47 Å². The number of hydrogen-bond donors (Lipinski definition) is 2. The Morgan fingerprint density at radius 1 is 1.37 bits per heavy atom. The van der Waals surface area contributed by atoms with Crippen molar-refractivity contribution in [1.82, 2.24) is 0 Å². The molecule has 19 heavy (non-hydrogen) atoms. The molecule has 1 aromatic carbocycles. The monoisotopic (exact) mass is 288 g/mol. The van der Waals surface area contributed by atoms with E-state index in [0.29, 0.717) is 17.1 Å². The van der Waals surface area contributed by atoms with Gasteiger partial charge in [0.25, 0.3) is 0 Å². The minimum atomic E-state index is -1.07. The highest BCUT2D eigenvalue weighted by atomic mass is 35.5. The number of halogens is 1. The lowest BCUT2D eigenvalue weighted by Gasteiger charge is -2.22. The predicted molar refractivity (Wildman–Crippen MR) is 71.3 cm³/mol. The smallest absolute Gasteiger partial charge is 0.309 e. The van der Waals surface area contributed by atoms with E-state index in [2.05, 4.69) is 0 Å². The van der Waals surface area contributed by atoms with Crippen molar-refractivity contribution in [3.63, 3.8) is 0 Å². The van der Waals surface area contributed by atoms with E-state index in [9.17, 15) is 9.90 Å². The highest BCUT2D eigenvalue weighted by Gasteiger charge is 2.31. The van der Waals surface area contributed by atoms with Gasteiger partial charge < -0.3 is 19.7 Å². The number of carboxylic acid groups (broad SMARTS) is 1. The first-order chi connectivity index (χ1) is 8.74. The minimum absolute atomic E-state index is 0.0637. The van der Waals surface area contributed by atoms with Gasteiger partial charge in [-0.25, -0.2) is 0 Å². The number of methoxy groups -OCH3 is 2. The molecular weight excluding hydrogens is 272 g/mol. The number of carboxylic acids is 1. The van der Waals surface area contributed by atoms with Crippen molar-refractivity contribution < 1.29 is 24.5 Å². The minimum Gasteiger partial charge on any atom is -0.506 e. The SMILES string of the molecule is COc1cc(Cl)c(O)c(CC(C)(C)C(=O)O)c1OC. The van der Waals surface area contributed by atoms with Crippen LogP contribution in [0.5, 0.6) is 17.2 Å². The molecule has 0 aliphatic heterocycles. The molecule has 0 radical (unpaired) electrons. The Morgan fingerprint density at radius 3 is 2.37 bits per heavy atom. The summed E-state index contributed by atoms with van der Waals surface area (Å²) >= 11 is 5.90. The normalized spacial score (nSPS) is 11.2. The number of hydrogen-bond acceptors (Lipinski definition) is 4. The first-order valence-electron chi connectivity index (χ1n) is 5.60. The molecule has 0 bridgehead atoms. The second-order valence-electron chi connectivity index (χ2n) is 4.79. The fourth-order valence-corrected chi connectivity index (χ4v) is 1.92. The van der Waals surface area contributed by atoms with Crippen molar-refractivity contribution in [3.8, 4) is 17.2 Å². The summed E-state index contributed by atoms with van der Waals surface area (Å²) in [5, 5.41) is 19.3. The average Bonchev–Trinajstić information content (AvgIpc) is 2.34. The lowest BCUT2D eigenvalue weighted by Crippen LogP contribution is -2.26. The maximum atomic E-state index is 11.2. The molecule has 0 unspecified atom stereocenters. The summed E-state index contributed by atoms with van der Waals surface area (Å²) in [6.45, 7) is 3.11. The van der Waals surface area contributed by atoms with E-state index in [1.807, 2.05) is 0 Å². The van der Waals surface area contributed by atoms with Crippen molar-refractivity contribution in [2.24, 2.45) is 5.41 Å². The van der Waals surface area contributed by atoms with Gasteiger partial charge in [0.1, 0.15) is 5.75 Å². The van der Waals surface area contributed by atoms with Gasteiger partial charge >= 0.3 is 5.97 Å². The Labute approximate surface area is 116 Å².